The van der Waals surface area contributed by atoms with Gasteiger partial charge in [0.15, 0.2) is 5.69 Å². The minimum absolute atomic E-state index is 0.0894. The van der Waals surface area contributed by atoms with Gasteiger partial charge in [-0.15, -0.1) is 0 Å². The van der Waals surface area contributed by atoms with Crippen LogP contribution in [-0.4, -0.2) is 30.3 Å². The van der Waals surface area contributed by atoms with Crippen molar-refractivity contribution in [3.8, 4) is 5.75 Å². The van der Waals surface area contributed by atoms with Crippen molar-refractivity contribution in [1.82, 2.24) is 10.5 Å². The number of nitrogens with zero attached hydrogens (tertiary/aromatic N) is 1. The van der Waals surface area contributed by atoms with Crippen LogP contribution < -0.4 is 10.1 Å². The minimum atomic E-state index is -0.257. The van der Waals surface area contributed by atoms with Crippen LogP contribution in [0.5, 0.6) is 5.75 Å². The summed E-state index contributed by atoms with van der Waals surface area (Å²) in [6.45, 7) is 7.28. The fourth-order valence-corrected chi connectivity index (χ4v) is 2.85. The molecule has 1 aromatic heterocycles. The van der Waals surface area contributed by atoms with Gasteiger partial charge in [0.25, 0.3) is 5.91 Å². The molecule has 1 atom stereocenters. The van der Waals surface area contributed by atoms with Gasteiger partial charge in [-0.05, 0) is 50.8 Å². The largest absolute Gasteiger partial charge is 0.488 e. The number of hydrogen-bond donors (Lipinski definition) is 1. The van der Waals surface area contributed by atoms with E-state index in [-0.39, 0.29) is 24.3 Å². The normalized spacial score (nSPS) is 16.8. The molecule has 25 heavy (non-hydrogen) atoms. The molecule has 0 aliphatic carbocycles. The fraction of sp³-hybridized carbons (Fsp3) is 0.474. The summed E-state index contributed by atoms with van der Waals surface area (Å²) in [5.74, 6) is 1.13. The molecule has 1 amide bonds. The molecule has 0 saturated carbocycles. The van der Waals surface area contributed by atoms with Gasteiger partial charge in [-0.25, -0.2) is 0 Å². The molecular weight excluding hydrogens is 320 g/mol. The third-order valence-electron chi connectivity index (χ3n) is 4.43. The summed E-state index contributed by atoms with van der Waals surface area (Å²) in [5, 5.41) is 6.78. The zero-order valence-corrected chi connectivity index (χ0v) is 14.9. The van der Waals surface area contributed by atoms with Crippen LogP contribution in [0.3, 0.4) is 0 Å². The Morgan fingerprint density at radius 2 is 2.20 bits per heavy atom. The Morgan fingerprint density at radius 1 is 1.36 bits per heavy atom. The van der Waals surface area contributed by atoms with E-state index in [4.69, 9.17) is 14.0 Å². The van der Waals surface area contributed by atoms with Gasteiger partial charge in [0.2, 0.25) is 0 Å². The van der Waals surface area contributed by atoms with Crippen LogP contribution in [0.25, 0.3) is 0 Å². The zero-order chi connectivity index (χ0) is 17.8. The molecule has 2 aromatic rings. The molecule has 0 radical (unpaired) electrons. The first-order chi connectivity index (χ1) is 12.0. The second-order valence-corrected chi connectivity index (χ2v) is 6.47. The molecule has 0 spiro atoms. The van der Waals surface area contributed by atoms with Gasteiger partial charge in [0.1, 0.15) is 18.1 Å². The number of carbonyl (C=O) groups is 1. The number of ether oxygens (including phenoxy) is 2. The molecule has 1 fully saturated rings. The van der Waals surface area contributed by atoms with Crippen LogP contribution in [0.2, 0.25) is 0 Å². The molecule has 0 bridgehead atoms. The summed E-state index contributed by atoms with van der Waals surface area (Å²) in [4.78, 5) is 12.4. The summed E-state index contributed by atoms with van der Waals surface area (Å²) in [7, 11) is 0. The molecular formula is C19H24N2O4. The van der Waals surface area contributed by atoms with E-state index in [0.717, 1.165) is 36.3 Å². The first-order valence-electron chi connectivity index (χ1n) is 8.59. The lowest BCUT2D eigenvalue weighted by Crippen LogP contribution is -2.32. The maximum atomic E-state index is 12.4. The van der Waals surface area contributed by atoms with Crippen molar-refractivity contribution in [3.05, 3.63) is 46.3 Å². The Labute approximate surface area is 147 Å². The van der Waals surface area contributed by atoms with E-state index in [2.05, 4.69) is 10.5 Å². The van der Waals surface area contributed by atoms with Gasteiger partial charge < -0.3 is 19.3 Å². The Balaban J connectivity index is 1.66. The lowest BCUT2D eigenvalue weighted by molar-refractivity contribution is 0.0848. The third-order valence-corrected chi connectivity index (χ3v) is 4.43. The van der Waals surface area contributed by atoms with E-state index in [1.807, 2.05) is 32.0 Å². The van der Waals surface area contributed by atoms with Crippen LogP contribution in [0.4, 0.5) is 0 Å². The van der Waals surface area contributed by atoms with E-state index in [9.17, 15) is 4.79 Å². The number of benzene rings is 1. The molecule has 1 aromatic carbocycles. The number of rotatable bonds is 6. The van der Waals surface area contributed by atoms with Crippen LogP contribution in [-0.2, 0) is 11.3 Å². The number of amides is 1. The average molecular weight is 344 g/mol. The number of carbonyl (C=O) groups excluding carboxylic acids is 1. The molecule has 1 unspecified atom stereocenters. The molecule has 134 valence electrons. The highest BCUT2D eigenvalue weighted by Gasteiger charge is 2.22. The first kappa shape index (κ1) is 17.5. The van der Waals surface area contributed by atoms with E-state index in [1.165, 1.54) is 0 Å². The molecule has 1 aliphatic rings. The van der Waals surface area contributed by atoms with Crippen molar-refractivity contribution in [3.63, 3.8) is 0 Å². The molecule has 6 heteroatoms. The quantitative estimate of drug-likeness (QED) is 0.872. The van der Waals surface area contributed by atoms with Gasteiger partial charge in [-0.2, -0.15) is 0 Å². The van der Waals surface area contributed by atoms with Crippen LogP contribution in [0.15, 0.2) is 22.7 Å². The van der Waals surface area contributed by atoms with E-state index in [1.54, 1.807) is 6.92 Å². The molecule has 3 rings (SSSR count). The Morgan fingerprint density at radius 3 is 2.96 bits per heavy atom. The summed E-state index contributed by atoms with van der Waals surface area (Å²) < 4.78 is 16.6. The van der Waals surface area contributed by atoms with E-state index in [0.29, 0.717) is 17.9 Å². The van der Waals surface area contributed by atoms with E-state index >= 15 is 0 Å². The monoisotopic (exact) mass is 344 g/mol. The fourth-order valence-electron chi connectivity index (χ4n) is 2.85. The lowest BCUT2D eigenvalue weighted by atomic mass is 10.1. The van der Waals surface area contributed by atoms with Crippen LogP contribution in [0, 0.1) is 20.8 Å². The predicted octanol–water partition coefficient (Wildman–Crippen LogP) is 3.09. The summed E-state index contributed by atoms with van der Waals surface area (Å²) in [6.07, 6.45) is 2.10. The number of nitrogens with one attached hydrogen (secondary N) is 1. The van der Waals surface area contributed by atoms with Crippen molar-refractivity contribution >= 4 is 5.91 Å². The smallest absolute Gasteiger partial charge is 0.273 e. The molecule has 1 aliphatic heterocycles. The summed E-state index contributed by atoms with van der Waals surface area (Å²) in [6, 6.07) is 6.03. The van der Waals surface area contributed by atoms with Gasteiger partial charge in [-0.1, -0.05) is 17.3 Å². The standard InChI is InChI=1S/C19H24N2O4/c1-12-6-7-13(2)17(9-12)24-11-16-14(3)25-21-18(16)19(22)20-10-15-5-4-8-23-15/h6-7,9,15H,4-5,8,10-11H2,1-3H3,(H,20,22). The highest BCUT2D eigenvalue weighted by Crippen LogP contribution is 2.22. The van der Waals surface area contributed by atoms with Crippen LogP contribution in [0.1, 0.15) is 45.8 Å². The van der Waals surface area contributed by atoms with Crippen molar-refractivity contribution in [2.75, 3.05) is 13.2 Å². The zero-order valence-electron chi connectivity index (χ0n) is 14.9. The third kappa shape index (κ3) is 4.20. The summed E-state index contributed by atoms with van der Waals surface area (Å²) >= 11 is 0. The first-order valence-corrected chi connectivity index (χ1v) is 8.59. The Bertz CT molecular complexity index is 748. The highest BCUT2D eigenvalue weighted by molar-refractivity contribution is 5.93. The lowest BCUT2D eigenvalue weighted by Gasteiger charge is -2.11. The van der Waals surface area contributed by atoms with Gasteiger partial charge in [0, 0.05) is 13.2 Å². The van der Waals surface area contributed by atoms with E-state index < -0.39 is 0 Å². The maximum Gasteiger partial charge on any atom is 0.273 e. The van der Waals surface area contributed by atoms with Crippen LogP contribution >= 0.6 is 0 Å². The highest BCUT2D eigenvalue weighted by atomic mass is 16.5. The summed E-state index contributed by atoms with van der Waals surface area (Å²) in [5.41, 5.74) is 3.12. The molecule has 6 nitrogen and oxygen atoms in total. The second kappa shape index (κ2) is 7.70. The maximum absolute atomic E-state index is 12.4. The van der Waals surface area contributed by atoms with Crippen molar-refractivity contribution in [1.29, 1.82) is 0 Å². The Kier molecular flexibility index (Phi) is 5.38. The number of aromatic nitrogens is 1. The number of hydrogen-bond acceptors (Lipinski definition) is 5. The SMILES string of the molecule is Cc1ccc(C)c(OCc2c(C(=O)NCC3CCCO3)noc2C)c1. The molecule has 1 N–H and O–H groups in total. The molecule has 1 saturated heterocycles. The average Bonchev–Trinajstić information content (AvgIpc) is 3.23. The predicted molar refractivity (Wildman–Crippen MR) is 92.8 cm³/mol. The Hall–Kier alpha value is -2.34. The minimum Gasteiger partial charge on any atom is -0.488 e. The van der Waals surface area contributed by atoms with Gasteiger partial charge in [-0.3, -0.25) is 4.79 Å². The van der Waals surface area contributed by atoms with Gasteiger partial charge >= 0.3 is 0 Å². The van der Waals surface area contributed by atoms with Crippen molar-refractivity contribution in [2.24, 2.45) is 0 Å². The van der Waals surface area contributed by atoms with Crippen molar-refractivity contribution < 1.29 is 18.8 Å². The number of aryl methyl sites for hydroxylation is 3. The van der Waals surface area contributed by atoms with Crippen molar-refractivity contribution in [2.45, 2.75) is 46.3 Å². The van der Waals surface area contributed by atoms with Gasteiger partial charge in [0.05, 0.1) is 11.7 Å². The topological polar surface area (TPSA) is 73.6 Å². The molecule has 2 heterocycles. The second-order valence-electron chi connectivity index (χ2n) is 6.47.